The highest BCUT2D eigenvalue weighted by Crippen LogP contribution is 2.66. The highest BCUT2D eigenvalue weighted by molar-refractivity contribution is 5.23. The maximum Gasteiger partial charge on any atom is 0.119 e. The molecule has 2 aliphatic carbocycles. The second-order valence-electron chi connectivity index (χ2n) is 6.53. The molecule has 0 N–H and O–H groups in total. The van der Waals surface area contributed by atoms with Gasteiger partial charge in [-0.1, -0.05) is 39.0 Å². The zero-order valence-corrected chi connectivity index (χ0v) is 11.1. The topological polar surface area (TPSA) is 9.23 Å². The first-order valence-electron chi connectivity index (χ1n) is 6.76. The summed E-state index contributed by atoms with van der Waals surface area (Å²) in [6.07, 6.45) is 4.34. The van der Waals surface area contributed by atoms with Gasteiger partial charge in [-0.15, -0.1) is 0 Å². The van der Waals surface area contributed by atoms with E-state index in [0.717, 1.165) is 11.7 Å². The van der Waals surface area contributed by atoms with Crippen LogP contribution >= 0.6 is 0 Å². The van der Waals surface area contributed by atoms with E-state index in [2.05, 4.69) is 45.0 Å². The van der Waals surface area contributed by atoms with Crippen LogP contribution in [0.1, 0.15) is 40.0 Å². The molecule has 0 radical (unpaired) electrons. The molecular formula is C16H22O. The van der Waals surface area contributed by atoms with Crippen LogP contribution in [0.25, 0.3) is 0 Å². The van der Waals surface area contributed by atoms with Gasteiger partial charge in [0.05, 0.1) is 0 Å². The van der Waals surface area contributed by atoms with Gasteiger partial charge in [0.1, 0.15) is 11.9 Å². The summed E-state index contributed by atoms with van der Waals surface area (Å²) in [5, 5.41) is 0. The first kappa shape index (κ1) is 11.1. The van der Waals surface area contributed by atoms with E-state index >= 15 is 0 Å². The van der Waals surface area contributed by atoms with Crippen molar-refractivity contribution in [1.29, 1.82) is 0 Å². The van der Waals surface area contributed by atoms with E-state index in [1.54, 1.807) is 0 Å². The molecule has 0 spiro atoms. The lowest BCUT2D eigenvalue weighted by molar-refractivity contribution is 0.0302. The van der Waals surface area contributed by atoms with Crippen LogP contribution in [0.3, 0.4) is 0 Å². The predicted molar refractivity (Wildman–Crippen MR) is 70.1 cm³/mol. The van der Waals surface area contributed by atoms with E-state index in [4.69, 9.17) is 4.74 Å². The Morgan fingerprint density at radius 3 is 2.35 bits per heavy atom. The van der Waals surface area contributed by atoms with Gasteiger partial charge in [-0.2, -0.15) is 0 Å². The van der Waals surface area contributed by atoms with Crippen molar-refractivity contribution in [3.05, 3.63) is 30.3 Å². The van der Waals surface area contributed by atoms with Crippen LogP contribution in [0.4, 0.5) is 0 Å². The van der Waals surface area contributed by atoms with Crippen molar-refractivity contribution in [3.63, 3.8) is 0 Å². The van der Waals surface area contributed by atoms with Crippen molar-refractivity contribution < 1.29 is 4.74 Å². The van der Waals surface area contributed by atoms with Crippen LogP contribution in [0.5, 0.6) is 5.75 Å². The lowest BCUT2D eigenvalue weighted by atomic mass is 9.70. The number of hydrogen-bond donors (Lipinski definition) is 0. The molecule has 3 rings (SSSR count). The summed E-state index contributed by atoms with van der Waals surface area (Å²) in [7, 11) is 0. The zero-order chi connectivity index (χ0) is 12.1. The average Bonchev–Trinajstić information content (AvgIpc) is 2.63. The highest BCUT2D eigenvalue weighted by Gasteiger charge is 2.62. The third-order valence-electron chi connectivity index (χ3n) is 5.74. The summed E-state index contributed by atoms with van der Waals surface area (Å²) >= 11 is 0. The number of hydrogen-bond acceptors (Lipinski definition) is 1. The number of para-hydroxylation sites is 1. The Morgan fingerprint density at radius 2 is 1.82 bits per heavy atom. The van der Waals surface area contributed by atoms with Gasteiger partial charge in [0.25, 0.3) is 0 Å². The second kappa shape index (κ2) is 3.51. The van der Waals surface area contributed by atoms with Crippen LogP contribution in [0.15, 0.2) is 30.3 Å². The Bertz CT molecular complexity index is 409. The normalized spacial score (nSPS) is 38.3. The predicted octanol–water partition coefficient (Wildman–Crippen LogP) is 4.28. The second-order valence-corrected chi connectivity index (χ2v) is 6.53. The Hall–Kier alpha value is -0.980. The van der Waals surface area contributed by atoms with Crippen LogP contribution in [-0.4, -0.2) is 6.10 Å². The molecule has 0 unspecified atom stereocenters. The van der Waals surface area contributed by atoms with Gasteiger partial charge in [0.15, 0.2) is 0 Å². The summed E-state index contributed by atoms with van der Waals surface area (Å²) in [4.78, 5) is 0. The SMILES string of the molecule is CC1(C)[C@H]2CC[C@]1(C)[C@@H](Oc1ccccc1)C2. The molecule has 17 heavy (non-hydrogen) atoms. The average molecular weight is 230 g/mol. The van der Waals surface area contributed by atoms with E-state index < -0.39 is 0 Å². The highest BCUT2D eigenvalue weighted by atomic mass is 16.5. The summed E-state index contributed by atoms with van der Waals surface area (Å²) in [5.74, 6) is 1.88. The molecule has 0 aromatic heterocycles. The summed E-state index contributed by atoms with van der Waals surface area (Å²) in [5.41, 5.74) is 0.792. The number of rotatable bonds is 2. The molecule has 0 amide bonds. The monoisotopic (exact) mass is 230 g/mol. The standard InChI is InChI=1S/C16H22O/c1-15(2)12-9-10-16(15,3)14(11-12)17-13-7-5-4-6-8-13/h4-8,12,14H,9-11H2,1-3H3/t12-,14-,16+/m0/s1. The van der Waals surface area contributed by atoms with Gasteiger partial charge in [-0.3, -0.25) is 0 Å². The molecule has 1 heteroatoms. The quantitative estimate of drug-likeness (QED) is 0.737. The van der Waals surface area contributed by atoms with E-state index in [1.807, 2.05) is 6.07 Å². The van der Waals surface area contributed by atoms with Crippen molar-refractivity contribution in [2.24, 2.45) is 16.7 Å². The number of benzene rings is 1. The Kier molecular flexibility index (Phi) is 2.30. The molecule has 0 saturated heterocycles. The third kappa shape index (κ3) is 1.44. The minimum atomic E-state index is 0.355. The third-order valence-corrected chi connectivity index (χ3v) is 5.74. The van der Waals surface area contributed by atoms with Crippen molar-refractivity contribution in [3.8, 4) is 5.75 Å². The lowest BCUT2D eigenvalue weighted by Gasteiger charge is -2.38. The largest absolute Gasteiger partial charge is 0.490 e. The fraction of sp³-hybridized carbons (Fsp3) is 0.625. The van der Waals surface area contributed by atoms with E-state index in [-0.39, 0.29) is 0 Å². The van der Waals surface area contributed by atoms with Crippen molar-refractivity contribution in [1.82, 2.24) is 0 Å². The molecule has 92 valence electrons. The van der Waals surface area contributed by atoms with Crippen LogP contribution in [0.2, 0.25) is 0 Å². The molecule has 1 nitrogen and oxygen atoms in total. The minimum Gasteiger partial charge on any atom is -0.490 e. The maximum atomic E-state index is 6.25. The van der Waals surface area contributed by atoms with Gasteiger partial charge >= 0.3 is 0 Å². The summed E-state index contributed by atoms with van der Waals surface area (Å²) < 4.78 is 6.25. The van der Waals surface area contributed by atoms with E-state index in [0.29, 0.717) is 16.9 Å². The van der Waals surface area contributed by atoms with Crippen LogP contribution < -0.4 is 4.74 Å². The smallest absolute Gasteiger partial charge is 0.119 e. The first-order chi connectivity index (χ1) is 8.04. The van der Waals surface area contributed by atoms with Crippen LogP contribution in [0, 0.1) is 16.7 Å². The lowest BCUT2D eigenvalue weighted by Crippen LogP contribution is -2.38. The molecule has 1 aromatic rings. The molecule has 0 heterocycles. The van der Waals surface area contributed by atoms with Crippen LogP contribution in [-0.2, 0) is 0 Å². The van der Waals surface area contributed by atoms with E-state index in [9.17, 15) is 0 Å². The summed E-state index contributed by atoms with van der Waals surface area (Å²) in [6, 6.07) is 10.3. The molecule has 2 aliphatic rings. The molecule has 1 aromatic carbocycles. The van der Waals surface area contributed by atoms with Crippen molar-refractivity contribution in [2.45, 2.75) is 46.1 Å². The van der Waals surface area contributed by atoms with Gasteiger partial charge in [0.2, 0.25) is 0 Å². The fourth-order valence-electron chi connectivity index (χ4n) is 3.97. The first-order valence-corrected chi connectivity index (χ1v) is 6.76. The molecular weight excluding hydrogens is 208 g/mol. The van der Waals surface area contributed by atoms with Crippen molar-refractivity contribution in [2.75, 3.05) is 0 Å². The van der Waals surface area contributed by atoms with Gasteiger partial charge < -0.3 is 4.74 Å². The van der Waals surface area contributed by atoms with Crippen molar-refractivity contribution >= 4 is 0 Å². The minimum absolute atomic E-state index is 0.355. The van der Waals surface area contributed by atoms with E-state index in [1.165, 1.54) is 19.3 Å². The summed E-state index contributed by atoms with van der Waals surface area (Å²) in [6.45, 7) is 7.28. The molecule has 2 bridgehead atoms. The Morgan fingerprint density at radius 1 is 1.12 bits per heavy atom. The maximum absolute atomic E-state index is 6.25. The Labute approximate surface area is 104 Å². The number of fused-ring (bicyclic) bond motifs is 2. The molecule has 0 aliphatic heterocycles. The zero-order valence-electron chi connectivity index (χ0n) is 11.1. The molecule has 2 saturated carbocycles. The fourth-order valence-corrected chi connectivity index (χ4v) is 3.97. The van der Waals surface area contributed by atoms with Gasteiger partial charge in [-0.25, -0.2) is 0 Å². The van der Waals surface area contributed by atoms with Gasteiger partial charge in [-0.05, 0) is 42.7 Å². The Balaban J connectivity index is 1.83. The molecule has 2 fully saturated rings. The molecule has 3 atom stereocenters. The number of ether oxygens (including phenoxy) is 1. The van der Waals surface area contributed by atoms with Gasteiger partial charge in [0, 0.05) is 5.41 Å².